The van der Waals surface area contributed by atoms with Crippen LogP contribution in [0.4, 0.5) is 0 Å². The van der Waals surface area contributed by atoms with Gasteiger partial charge in [0.25, 0.3) is 0 Å². The lowest BCUT2D eigenvalue weighted by molar-refractivity contribution is -0.107. The molecule has 5 heteroatoms. The molecule has 0 aromatic rings. The third kappa shape index (κ3) is 4.52. The predicted molar refractivity (Wildman–Crippen MR) is 51.5 cm³/mol. The molecule has 0 aromatic heterocycles. The van der Waals surface area contributed by atoms with Crippen LogP contribution in [-0.4, -0.2) is 34.9 Å². The van der Waals surface area contributed by atoms with Crippen LogP contribution in [0.3, 0.4) is 0 Å². The Morgan fingerprint density at radius 2 is 1.38 bits per heavy atom. The quantitative estimate of drug-likeness (QED) is 0.442. The molecule has 0 saturated heterocycles. The minimum absolute atomic E-state index is 0.239. The van der Waals surface area contributed by atoms with Gasteiger partial charge in [-0.05, 0) is 20.8 Å². The highest BCUT2D eigenvalue weighted by molar-refractivity contribution is 6.63. The second kappa shape index (κ2) is 7.20. The van der Waals surface area contributed by atoms with Crippen molar-refractivity contribution < 1.29 is 18.1 Å². The molecule has 0 N–H and O–H groups in total. The zero-order valence-corrected chi connectivity index (χ0v) is 9.54. The molecule has 0 aliphatic heterocycles. The lowest BCUT2D eigenvalue weighted by atomic mass is 10.9. The fourth-order valence-corrected chi connectivity index (χ4v) is 3.19. The van der Waals surface area contributed by atoms with Gasteiger partial charge in [-0.25, -0.2) is 0 Å². The molecule has 13 heavy (non-hydrogen) atoms. The summed E-state index contributed by atoms with van der Waals surface area (Å²) in [6.07, 6.45) is 0.799. The Morgan fingerprint density at radius 1 is 1.00 bits per heavy atom. The van der Waals surface area contributed by atoms with Crippen molar-refractivity contribution in [1.29, 1.82) is 0 Å². The second-order valence-corrected chi connectivity index (χ2v) is 4.99. The van der Waals surface area contributed by atoms with Crippen LogP contribution in [0.2, 0.25) is 6.04 Å². The van der Waals surface area contributed by atoms with Gasteiger partial charge < -0.3 is 18.1 Å². The monoisotopic (exact) mass is 206 g/mol. The number of rotatable bonds is 8. The topological polar surface area (TPSA) is 44.8 Å². The molecule has 0 heterocycles. The minimum atomic E-state index is -2.66. The van der Waals surface area contributed by atoms with Crippen molar-refractivity contribution in [2.75, 3.05) is 19.8 Å². The summed E-state index contributed by atoms with van der Waals surface area (Å²) >= 11 is 0. The van der Waals surface area contributed by atoms with Crippen LogP contribution >= 0.6 is 0 Å². The van der Waals surface area contributed by atoms with Crippen LogP contribution in [0.5, 0.6) is 0 Å². The molecule has 0 fully saturated rings. The van der Waals surface area contributed by atoms with Crippen LogP contribution in [0, 0.1) is 0 Å². The molecule has 0 aliphatic rings. The number of hydrogen-bond donors (Lipinski definition) is 0. The van der Waals surface area contributed by atoms with Crippen molar-refractivity contribution in [2.24, 2.45) is 0 Å². The maximum Gasteiger partial charge on any atom is 0.508 e. The van der Waals surface area contributed by atoms with Crippen molar-refractivity contribution in [3.8, 4) is 0 Å². The van der Waals surface area contributed by atoms with E-state index in [2.05, 4.69) is 0 Å². The van der Waals surface area contributed by atoms with E-state index in [1.807, 2.05) is 20.8 Å². The van der Waals surface area contributed by atoms with Crippen LogP contribution in [-0.2, 0) is 18.1 Å². The molecule has 0 radical (unpaired) electrons. The summed E-state index contributed by atoms with van der Waals surface area (Å²) in [5, 5.41) is 0. The first-order valence-electron chi connectivity index (χ1n) is 4.60. The standard InChI is InChI=1S/C8H18O4Si/c1-4-10-13(8-7-9,11-5-2)12-6-3/h7H,4-6,8H2,1-3H3. The Balaban J connectivity index is 4.27. The van der Waals surface area contributed by atoms with Gasteiger partial charge >= 0.3 is 8.80 Å². The molecule has 4 nitrogen and oxygen atoms in total. The Labute approximate surface area is 80.5 Å². The highest BCUT2D eigenvalue weighted by Gasteiger charge is 2.39. The third-order valence-corrected chi connectivity index (χ3v) is 4.28. The average molecular weight is 206 g/mol. The second-order valence-electron chi connectivity index (χ2n) is 2.35. The molecular weight excluding hydrogens is 188 g/mol. The van der Waals surface area contributed by atoms with E-state index < -0.39 is 8.80 Å². The van der Waals surface area contributed by atoms with Crippen molar-refractivity contribution >= 4 is 15.1 Å². The number of carbonyl (C=O) groups excluding carboxylic acids is 1. The maximum absolute atomic E-state index is 10.4. The van der Waals surface area contributed by atoms with Gasteiger partial charge in [-0.1, -0.05) is 0 Å². The Morgan fingerprint density at radius 3 is 1.62 bits per heavy atom. The zero-order chi connectivity index (χ0) is 10.2. The Hall–Kier alpha value is -0.233. The van der Waals surface area contributed by atoms with E-state index in [-0.39, 0.29) is 6.04 Å². The lowest BCUT2D eigenvalue weighted by Gasteiger charge is -2.26. The van der Waals surface area contributed by atoms with Crippen LogP contribution in [0.25, 0.3) is 0 Å². The largest absolute Gasteiger partial charge is 0.508 e. The molecule has 0 atom stereocenters. The summed E-state index contributed by atoms with van der Waals surface area (Å²) in [7, 11) is -2.66. The molecular formula is C8H18O4Si. The van der Waals surface area contributed by atoms with E-state index >= 15 is 0 Å². The summed E-state index contributed by atoms with van der Waals surface area (Å²) in [6.45, 7) is 7.14. The first-order chi connectivity index (χ1) is 6.24. The van der Waals surface area contributed by atoms with Gasteiger partial charge in [-0.15, -0.1) is 0 Å². The van der Waals surface area contributed by atoms with Crippen molar-refractivity contribution in [3.63, 3.8) is 0 Å². The molecule has 0 aromatic carbocycles. The first-order valence-corrected chi connectivity index (χ1v) is 6.53. The van der Waals surface area contributed by atoms with Gasteiger partial charge in [0.1, 0.15) is 6.29 Å². The summed E-state index contributed by atoms with van der Waals surface area (Å²) in [5.74, 6) is 0. The molecule has 0 saturated carbocycles. The third-order valence-electron chi connectivity index (χ3n) is 1.43. The van der Waals surface area contributed by atoms with Gasteiger partial charge in [0.2, 0.25) is 0 Å². The smallest absolute Gasteiger partial charge is 0.373 e. The van der Waals surface area contributed by atoms with E-state index in [4.69, 9.17) is 13.3 Å². The summed E-state index contributed by atoms with van der Waals surface area (Å²) < 4.78 is 16.2. The molecule has 0 unspecified atom stereocenters. The van der Waals surface area contributed by atoms with Gasteiger partial charge in [0.15, 0.2) is 0 Å². The minimum Gasteiger partial charge on any atom is -0.373 e. The van der Waals surface area contributed by atoms with Crippen molar-refractivity contribution in [3.05, 3.63) is 0 Å². The van der Waals surface area contributed by atoms with Gasteiger partial charge in [0, 0.05) is 19.8 Å². The first kappa shape index (κ1) is 12.8. The van der Waals surface area contributed by atoms with Crippen molar-refractivity contribution in [1.82, 2.24) is 0 Å². The Kier molecular flexibility index (Phi) is 7.07. The zero-order valence-electron chi connectivity index (χ0n) is 8.54. The summed E-state index contributed by atoms with van der Waals surface area (Å²) in [6, 6.07) is 0.239. The number of carbonyl (C=O) groups is 1. The van der Waals surface area contributed by atoms with E-state index in [1.165, 1.54) is 0 Å². The number of aldehydes is 1. The van der Waals surface area contributed by atoms with Crippen LogP contribution in [0.1, 0.15) is 20.8 Å². The fourth-order valence-electron chi connectivity index (χ4n) is 1.06. The molecule has 0 amide bonds. The normalized spacial score (nSPS) is 11.6. The number of hydrogen-bond acceptors (Lipinski definition) is 4. The molecule has 78 valence electrons. The summed E-state index contributed by atoms with van der Waals surface area (Å²) in [5.41, 5.74) is 0. The van der Waals surface area contributed by atoms with E-state index in [0.717, 1.165) is 6.29 Å². The van der Waals surface area contributed by atoms with Gasteiger partial charge in [0.05, 0.1) is 6.04 Å². The predicted octanol–water partition coefficient (Wildman–Crippen LogP) is 1.23. The molecule has 0 aliphatic carbocycles. The molecule has 0 spiro atoms. The van der Waals surface area contributed by atoms with E-state index in [1.54, 1.807) is 0 Å². The summed E-state index contributed by atoms with van der Waals surface area (Å²) in [4.78, 5) is 10.4. The molecule has 0 bridgehead atoms. The van der Waals surface area contributed by atoms with Crippen LogP contribution < -0.4 is 0 Å². The van der Waals surface area contributed by atoms with Gasteiger partial charge in [-0.3, -0.25) is 0 Å². The highest BCUT2D eigenvalue weighted by atomic mass is 28.4. The molecule has 0 rings (SSSR count). The fraction of sp³-hybridized carbons (Fsp3) is 0.875. The van der Waals surface area contributed by atoms with E-state index in [9.17, 15) is 4.79 Å². The maximum atomic E-state index is 10.4. The lowest BCUT2D eigenvalue weighted by Crippen LogP contribution is -2.46. The average Bonchev–Trinajstić information content (AvgIpc) is 2.06. The van der Waals surface area contributed by atoms with E-state index in [0.29, 0.717) is 19.8 Å². The Bertz CT molecular complexity index is 123. The van der Waals surface area contributed by atoms with Gasteiger partial charge in [-0.2, -0.15) is 0 Å². The highest BCUT2D eigenvalue weighted by Crippen LogP contribution is 2.13. The van der Waals surface area contributed by atoms with Crippen LogP contribution in [0.15, 0.2) is 0 Å². The SMILES string of the molecule is CCO[Si](CC=O)(OCC)OCC. The van der Waals surface area contributed by atoms with Crippen molar-refractivity contribution in [2.45, 2.75) is 26.8 Å².